The lowest BCUT2D eigenvalue weighted by atomic mass is 9.92. The van der Waals surface area contributed by atoms with Crippen molar-refractivity contribution in [2.24, 2.45) is 5.92 Å². The van der Waals surface area contributed by atoms with Gasteiger partial charge in [0.15, 0.2) is 0 Å². The minimum absolute atomic E-state index is 0.109. The number of nitrogens with one attached hydrogen (secondary N) is 1. The van der Waals surface area contributed by atoms with Gasteiger partial charge in [-0.25, -0.2) is 15.0 Å². The zero-order valence-electron chi connectivity index (χ0n) is 19.7. The van der Waals surface area contributed by atoms with E-state index in [0.717, 1.165) is 77.1 Å². The molecule has 178 valence electrons. The molecule has 35 heavy (non-hydrogen) atoms. The lowest BCUT2D eigenvalue weighted by Gasteiger charge is -2.32. The number of hydrogen-bond acceptors (Lipinski definition) is 7. The number of carbonyl (C=O) groups is 1. The van der Waals surface area contributed by atoms with Gasteiger partial charge in [0.05, 0.1) is 15.6 Å². The van der Waals surface area contributed by atoms with E-state index < -0.39 is 0 Å². The Morgan fingerprint density at radius 2 is 1.89 bits per heavy atom. The number of piperidine rings is 1. The molecule has 8 heteroatoms. The van der Waals surface area contributed by atoms with E-state index in [9.17, 15) is 4.79 Å². The van der Waals surface area contributed by atoms with Gasteiger partial charge in [0.1, 0.15) is 11.6 Å². The SMILES string of the molecule is Cc1ccnc(Nc2cccc(-c3cnc(CCC4CCN(C(=O)c5ccncc5)CC4)s3)n2)c1. The van der Waals surface area contributed by atoms with Crippen molar-refractivity contribution < 1.29 is 4.79 Å². The summed E-state index contributed by atoms with van der Waals surface area (Å²) in [5, 5.41) is 4.42. The Hall–Kier alpha value is -3.65. The maximum atomic E-state index is 12.6. The van der Waals surface area contributed by atoms with Crippen LogP contribution in [0.2, 0.25) is 0 Å². The molecular formula is C27H28N6OS. The molecule has 4 aromatic heterocycles. The minimum Gasteiger partial charge on any atom is -0.339 e. The minimum atomic E-state index is 0.109. The molecule has 0 atom stereocenters. The molecule has 1 N–H and O–H groups in total. The number of amides is 1. The highest BCUT2D eigenvalue weighted by Crippen LogP contribution is 2.29. The quantitative estimate of drug-likeness (QED) is 0.371. The van der Waals surface area contributed by atoms with Crippen molar-refractivity contribution in [2.45, 2.75) is 32.6 Å². The summed E-state index contributed by atoms with van der Waals surface area (Å²) in [7, 11) is 0. The number of nitrogens with zero attached hydrogens (tertiary/aromatic N) is 5. The maximum Gasteiger partial charge on any atom is 0.253 e. The normalized spacial score (nSPS) is 14.1. The van der Waals surface area contributed by atoms with Gasteiger partial charge in [-0.15, -0.1) is 11.3 Å². The molecular weight excluding hydrogens is 456 g/mol. The number of likely N-dealkylation sites (tertiary alicyclic amines) is 1. The molecule has 0 aliphatic carbocycles. The van der Waals surface area contributed by atoms with E-state index in [2.05, 4.69) is 20.3 Å². The fraction of sp³-hybridized carbons (Fsp3) is 0.296. The average Bonchev–Trinajstić information content (AvgIpc) is 3.37. The summed E-state index contributed by atoms with van der Waals surface area (Å²) >= 11 is 1.71. The molecule has 0 radical (unpaired) electrons. The van der Waals surface area contributed by atoms with Crippen LogP contribution < -0.4 is 5.32 Å². The van der Waals surface area contributed by atoms with E-state index in [0.29, 0.717) is 5.92 Å². The van der Waals surface area contributed by atoms with E-state index in [4.69, 9.17) is 4.98 Å². The number of thiazole rings is 1. The first-order valence-corrected chi connectivity index (χ1v) is 12.8. The number of hydrogen-bond donors (Lipinski definition) is 1. The van der Waals surface area contributed by atoms with Crippen LogP contribution in [0.4, 0.5) is 11.6 Å². The second kappa shape index (κ2) is 10.7. The standard InChI is InChI=1S/C27H28N6OS/c1-19-7-14-29-25(17-19)32-24-4-2-3-22(31-24)23-18-30-26(35-23)6-5-20-10-15-33(16-11-20)27(34)21-8-12-28-13-9-21/h2-4,7-9,12-14,17-18,20H,5-6,10-11,15-16H2,1H3,(H,29,31,32). The van der Waals surface area contributed by atoms with Gasteiger partial charge >= 0.3 is 0 Å². The van der Waals surface area contributed by atoms with Gasteiger partial charge in [0.25, 0.3) is 5.91 Å². The highest BCUT2D eigenvalue weighted by atomic mass is 32.1. The van der Waals surface area contributed by atoms with Crippen LogP contribution in [-0.2, 0) is 6.42 Å². The maximum absolute atomic E-state index is 12.6. The lowest BCUT2D eigenvalue weighted by Crippen LogP contribution is -2.38. The lowest BCUT2D eigenvalue weighted by molar-refractivity contribution is 0.0687. The molecule has 0 unspecified atom stereocenters. The van der Waals surface area contributed by atoms with Gasteiger partial charge in [-0.2, -0.15) is 0 Å². The molecule has 0 bridgehead atoms. The Bertz CT molecular complexity index is 1280. The number of anilines is 2. The Kier molecular flexibility index (Phi) is 7.09. The first-order valence-electron chi connectivity index (χ1n) is 12.0. The van der Waals surface area contributed by atoms with E-state index in [1.165, 1.54) is 0 Å². The third-order valence-corrected chi connectivity index (χ3v) is 7.40. The molecule has 7 nitrogen and oxygen atoms in total. The number of aromatic nitrogens is 4. The fourth-order valence-corrected chi connectivity index (χ4v) is 5.25. The van der Waals surface area contributed by atoms with Crippen LogP contribution in [0.25, 0.3) is 10.6 Å². The molecule has 5 heterocycles. The number of carbonyl (C=O) groups excluding carboxylic acids is 1. The summed E-state index contributed by atoms with van der Waals surface area (Å²) < 4.78 is 0. The molecule has 0 aromatic carbocycles. The molecule has 0 saturated carbocycles. The highest BCUT2D eigenvalue weighted by Gasteiger charge is 2.23. The molecule has 1 aliphatic rings. The topological polar surface area (TPSA) is 83.9 Å². The molecule has 5 rings (SSSR count). The van der Waals surface area contributed by atoms with Crippen molar-refractivity contribution in [3.05, 3.63) is 83.4 Å². The first kappa shape index (κ1) is 23.1. The Balaban J connectivity index is 1.14. The van der Waals surface area contributed by atoms with Gasteiger partial charge in [0.2, 0.25) is 0 Å². The summed E-state index contributed by atoms with van der Waals surface area (Å²) in [6, 6.07) is 13.5. The average molecular weight is 485 g/mol. The van der Waals surface area contributed by atoms with Crippen molar-refractivity contribution in [3.63, 3.8) is 0 Å². The predicted octanol–water partition coefficient (Wildman–Crippen LogP) is 5.53. The third-order valence-electron chi connectivity index (χ3n) is 6.32. The largest absolute Gasteiger partial charge is 0.339 e. The second-order valence-corrected chi connectivity index (χ2v) is 10.00. The first-order chi connectivity index (χ1) is 17.1. The van der Waals surface area contributed by atoms with E-state index in [1.807, 2.05) is 48.4 Å². The van der Waals surface area contributed by atoms with Crippen LogP contribution in [-0.4, -0.2) is 43.8 Å². The van der Waals surface area contributed by atoms with Crippen molar-refractivity contribution in [1.29, 1.82) is 0 Å². The van der Waals surface area contributed by atoms with E-state index in [-0.39, 0.29) is 5.91 Å². The molecule has 1 amide bonds. The summed E-state index contributed by atoms with van der Waals surface area (Å²) in [6.45, 7) is 3.67. The monoisotopic (exact) mass is 484 g/mol. The van der Waals surface area contributed by atoms with Crippen molar-refractivity contribution in [2.75, 3.05) is 18.4 Å². The number of rotatable bonds is 7. The van der Waals surface area contributed by atoms with Crippen LogP contribution in [0.3, 0.4) is 0 Å². The smallest absolute Gasteiger partial charge is 0.253 e. The summed E-state index contributed by atoms with van der Waals surface area (Å²) in [6.07, 6.45) is 11.2. The van der Waals surface area contributed by atoms with Crippen molar-refractivity contribution >= 4 is 28.9 Å². The molecule has 1 fully saturated rings. The Morgan fingerprint density at radius 1 is 1.06 bits per heavy atom. The number of aryl methyl sites for hydroxylation is 2. The zero-order chi connectivity index (χ0) is 24.0. The van der Waals surface area contributed by atoms with Gasteiger partial charge in [-0.3, -0.25) is 9.78 Å². The third kappa shape index (κ3) is 5.89. The summed E-state index contributed by atoms with van der Waals surface area (Å²) in [4.78, 5) is 33.4. The second-order valence-electron chi connectivity index (χ2n) is 8.88. The van der Waals surface area contributed by atoms with Crippen molar-refractivity contribution in [3.8, 4) is 10.6 Å². The molecule has 0 spiro atoms. The van der Waals surface area contributed by atoms with E-state index >= 15 is 0 Å². The van der Waals surface area contributed by atoms with Gasteiger partial charge in [0, 0.05) is 43.4 Å². The van der Waals surface area contributed by atoms with Crippen LogP contribution in [0, 0.1) is 12.8 Å². The van der Waals surface area contributed by atoms with Gasteiger partial charge in [-0.05, 0) is 80.5 Å². The van der Waals surface area contributed by atoms with Gasteiger partial charge < -0.3 is 10.2 Å². The van der Waals surface area contributed by atoms with Gasteiger partial charge in [-0.1, -0.05) is 6.07 Å². The summed E-state index contributed by atoms with van der Waals surface area (Å²) in [5.41, 5.74) is 2.78. The van der Waals surface area contributed by atoms with Crippen LogP contribution >= 0.6 is 11.3 Å². The summed E-state index contributed by atoms with van der Waals surface area (Å²) in [5.74, 6) is 2.28. The van der Waals surface area contributed by atoms with Crippen molar-refractivity contribution in [1.82, 2.24) is 24.8 Å². The van der Waals surface area contributed by atoms with E-state index in [1.54, 1.807) is 42.1 Å². The van der Waals surface area contributed by atoms with Crippen LogP contribution in [0.1, 0.15) is 40.2 Å². The zero-order valence-corrected chi connectivity index (χ0v) is 20.5. The van der Waals surface area contributed by atoms with Crippen LogP contribution in [0.15, 0.2) is 67.3 Å². The molecule has 1 saturated heterocycles. The predicted molar refractivity (Wildman–Crippen MR) is 139 cm³/mol. The molecule has 4 aromatic rings. The van der Waals surface area contributed by atoms with Crippen LogP contribution in [0.5, 0.6) is 0 Å². The number of pyridine rings is 3. The fourth-order valence-electron chi connectivity index (χ4n) is 4.35. The molecule has 1 aliphatic heterocycles. The Labute approximate surface area is 209 Å². The Morgan fingerprint density at radius 3 is 2.69 bits per heavy atom. The highest BCUT2D eigenvalue weighted by molar-refractivity contribution is 7.15.